The Morgan fingerprint density at radius 3 is 2.61 bits per heavy atom. The first-order valence-corrected chi connectivity index (χ1v) is 15.2. The van der Waals surface area contributed by atoms with E-state index in [4.69, 9.17) is 21.3 Å². The summed E-state index contributed by atoms with van der Waals surface area (Å²) in [4.78, 5) is 23.3. The largest absolute Gasteiger partial charge is 0.493 e. The summed E-state index contributed by atoms with van der Waals surface area (Å²) in [6, 6.07) is 24.2. The summed E-state index contributed by atoms with van der Waals surface area (Å²) in [7, 11) is 0. The Morgan fingerprint density at radius 2 is 1.76 bits per heavy atom. The van der Waals surface area contributed by atoms with Crippen molar-refractivity contribution in [3.8, 4) is 5.75 Å². The molecular formula is C34H37ClN4O2. The Morgan fingerprint density at radius 1 is 0.976 bits per heavy atom. The second-order valence-electron chi connectivity index (χ2n) is 11.0. The molecule has 0 spiro atoms. The second-order valence-corrected chi connectivity index (χ2v) is 11.5. The average molecular weight is 569 g/mol. The van der Waals surface area contributed by atoms with Gasteiger partial charge in [0.2, 0.25) is 5.91 Å². The van der Waals surface area contributed by atoms with E-state index in [9.17, 15) is 4.79 Å². The van der Waals surface area contributed by atoms with E-state index in [2.05, 4.69) is 50.8 Å². The minimum absolute atomic E-state index is 0.282. The Labute approximate surface area is 246 Å². The van der Waals surface area contributed by atoms with Gasteiger partial charge in [0.15, 0.2) is 0 Å². The molecule has 1 aliphatic rings. The van der Waals surface area contributed by atoms with Crippen LogP contribution in [0.1, 0.15) is 43.5 Å². The molecule has 1 N–H and O–H groups in total. The van der Waals surface area contributed by atoms with Crippen molar-refractivity contribution < 1.29 is 9.53 Å². The normalized spacial score (nSPS) is 14.2. The number of benzene rings is 3. The lowest BCUT2D eigenvalue weighted by Gasteiger charge is -2.32. The van der Waals surface area contributed by atoms with Crippen molar-refractivity contribution in [1.29, 1.82) is 0 Å². The van der Waals surface area contributed by atoms with Gasteiger partial charge in [0.25, 0.3) is 0 Å². The van der Waals surface area contributed by atoms with Gasteiger partial charge in [0.05, 0.1) is 17.6 Å². The van der Waals surface area contributed by atoms with Crippen LogP contribution >= 0.6 is 11.6 Å². The molecule has 1 saturated heterocycles. The third-order valence-corrected chi connectivity index (χ3v) is 8.64. The SMILES string of the molecule is O=C(CCc1c[nH]c2ccccc12)N1CCC(CCCn2c(CCOc3ccc(Cl)cc3)nc3ccccc32)CC1. The molecule has 3 heterocycles. The minimum Gasteiger partial charge on any atom is -0.493 e. The van der Waals surface area contributed by atoms with Crippen LogP contribution in [0.5, 0.6) is 5.75 Å². The lowest BCUT2D eigenvalue weighted by molar-refractivity contribution is -0.132. The number of carbonyl (C=O) groups is 1. The molecule has 1 aliphatic heterocycles. The average Bonchev–Trinajstić information content (AvgIpc) is 3.58. The molecule has 0 bridgehead atoms. The van der Waals surface area contributed by atoms with E-state index in [1.165, 1.54) is 22.9 Å². The number of nitrogens with one attached hydrogen (secondary N) is 1. The Kier molecular flexibility index (Phi) is 8.57. The fraction of sp³-hybridized carbons (Fsp3) is 0.353. The molecular weight excluding hydrogens is 532 g/mol. The van der Waals surface area contributed by atoms with Gasteiger partial charge in [0, 0.05) is 54.6 Å². The maximum Gasteiger partial charge on any atom is 0.222 e. The molecule has 6 nitrogen and oxygen atoms in total. The number of nitrogens with zero attached hydrogens (tertiary/aromatic N) is 3. The van der Waals surface area contributed by atoms with E-state index in [0.717, 1.165) is 74.3 Å². The van der Waals surface area contributed by atoms with Crippen LogP contribution in [-0.2, 0) is 24.2 Å². The summed E-state index contributed by atoms with van der Waals surface area (Å²) in [5.74, 6) is 2.83. The summed E-state index contributed by atoms with van der Waals surface area (Å²) in [6.45, 7) is 3.26. The van der Waals surface area contributed by atoms with Crippen LogP contribution in [0.2, 0.25) is 5.02 Å². The zero-order valence-corrected chi connectivity index (χ0v) is 24.2. The van der Waals surface area contributed by atoms with Crippen molar-refractivity contribution in [2.24, 2.45) is 5.92 Å². The number of H-pyrrole nitrogens is 1. The van der Waals surface area contributed by atoms with Gasteiger partial charge in [-0.1, -0.05) is 41.9 Å². The first-order valence-electron chi connectivity index (χ1n) is 14.8. The number of fused-ring (bicyclic) bond motifs is 2. The third-order valence-electron chi connectivity index (χ3n) is 8.39. The van der Waals surface area contributed by atoms with Gasteiger partial charge < -0.3 is 19.2 Å². The molecule has 3 aromatic carbocycles. The maximum absolute atomic E-state index is 12.9. The van der Waals surface area contributed by atoms with Gasteiger partial charge in [-0.3, -0.25) is 4.79 Å². The summed E-state index contributed by atoms with van der Waals surface area (Å²) < 4.78 is 8.32. The number of carbonyl (C=O) groups excluding carboxylic acids is 1. The number of halogens is 1. The number of aromatic nitrogens is 3. The highest BCUT2D eigenvalue weighted by Crippen LogP contribution is 2.25. The topological polar surface area (TPSA) is 63.2 Å². The smallest absolute Gasteiger partial charge is 0.222 e. The number of aryl methyl sites for hydroxylation is 2. The Hall–Kier alpha value is -3.77. The van der Waals surface area contributed by atoms with Crippen molar-refractivity contribution in [3.63, 3.8) is 0 Å². The number of aromatic amines is 1. The van der Waals surface area contributed by atoms with Crippen molar-refractivity contribution in [3.05, 3.63) is 95.4 Å². The third kappa shape index (κ3) is 6.59. The highest BCUT2D eigenvalue weighted by atomic mass is 35.5. The van der Waals surface area contributed by atoms with E-state index in [0.29, 0.717) is 24.0 Å². The molecule has 6 rings (SSSR count). The van der Waals surface area contributed by atoms with Crippen LogP contribution in [0.3, 0.4) is 0 Å². The first-order chi connectivity index (χ1) is 20.1. The minimum atomic E-state index is 0.282. The number of ether oxygens (including phenoxy) is 1. The number of amides is 1. The van der Waals surface area contributed by atoms with Crippen molar-refractivity contribution >= 4 is 39.4 Å². The van der Waals surface area contributed by atoms with Crippen LogP contribution in [-0.4, -0.2) is 45.0 Å². The van der Waals surface area contributed by atoms with Crippen LogP contribution in [0.4, 0.5) is 0 Å². The lowest BCUT2D eigenvalue weighted by Crippen LogP contribution is -2.38. The summed E-state index contributed by atoms with van der Waals surface area (Å²) >= 11 is 5.99. The molecule has 1 fully saturated rings. The molecule has 0 atom stereocenters. The molecule has 212 valence electrons. The summed E-state index contributed by atoms with van der Waals surface area (Å²) in [5.41, 5.74) is 4.59. The Bertz CT molecular complexity index is 1600. The number of rotatable bonds is 11. The van der Waals surface area contributed by atoms with E-state index in [1.807, 2.05) is 42.6 Å². The molecule has 41 heavy (non-hydrogen) atoms. The maximum atomic E-state index is 12.9. The van der Waals surface area contributed by atoms with Crippen LogP contribution < -0.4 is 4.74 Å². The summed E-state index contributed by atoms with van der Waals surface area (Å²) in [5, 5.41) is 1.93. The lowest BCUT2D eigenvalue weighted by atomic mass is 9.92. The highest BCUT2D eigenvalue weighted by Gasteiger charge is 2.23. The predicted molar refractivity (Wildman–Crippen MR) is 166 cm³/mol. The fourth-order valence-corrected chi connectivity index (χ4v) is 6.23. The Balaban J connectivity index is 0.973. The van der Waals surface area contributed by atoms with Gasteiger partial charge in [-0.25, -0.2) is 4.98 Å². The van der Waals surface area contributed by atoms with E-state index in [-0.39, 0.29) is 5.91 Å². The van der Waals surface area contributed by atoms with Crippen LogP contribution in [0, 0.1) is 5.92 Å². The molecule has 2 aromatic heterocycles. The number of piperidine rings is 1. The number of hydrogen-bond donors (Lipinski definition) is 1. The van der Waals surface area contributed by atoms with Crippen LogP contribution in [0.25, 0.3) is 21.9 Å². The van der Waals surface area contributed by atoms with Crippen molar-refractivity contribution in [2.45, 2.75) is 51.5 Å². The van der Waals surface area contributed by atoms with Crippen molar-refractivity contribution in [2.75, 3.05) is 19.7 Å². The molecule has 0 unspecified atom stereocenters. The molecule has 7 heteroatoms. The number of para-hydroxylation sites is 3. The van der Waals surface area contributed by atoms with E-state index < -0.39 is 0 Å². The highest BCUT2D eigenvalue weighted by molar-refractivity contribution is 6.30. The molecule has 5 aromatic rings. The zero-order chi connectivity index (χ0) is 28.0. The monoisotopic (exact) mass is 568 g/mol. The molecule has 0 saturated carbocycles. The summed E-state index contributed by atoms with van der Waals surface area (Å²) in [6.07, 6.45) is 8.60. The van der Waals surface area contributed by atoms with E-state index in [1.54, 1.807) is 0 Å². The number of likely N-dealkylation sites (tertiary alicyclic amines) is 1. The first kappa shape index (κ1) is 27.4. The van der Waals surface area contributed by atoms with Gasteiger partial charge in [-0.2, -0.15) is 0 Å². The second kappa shape index (κ2) is 12.8. The van der Waals surface area contributed by atoms with Gasteiger partial charge in [0.1, 0.15) is 11.6 Å². The predicted octanol–water partition coefficient (Wildman–Crippen LogP) is 7.44. The zero-order valence-electron chi connectivity index (χ0n) is 23.4. The van der Waals surface area contributed by atoms with Gasteiger partial charge in [-0.05, 0) is 86.1 Å². The molecule has 0 radical (unpaired) electrons. The van der Waals surface area contributed by atoms with Gasteiger partial charge >= 0.3 is 0 Å². The molecule has 0 aliphatic carbocycles. The molecule has 1 amide bonds. The van der Waals surface area contributed by atoms with Crippen molar-refractivity contribution in [1.82, 2.24) is 19.4 Å². The van der Waals surface area contributed by atoms with E-state index >= 15 is 0 Å². The van der Waals surface area contributed by atoms with Crippen LogP contribution in [0.15, 0.2) is 79.0 Å². The number of imidazole rings is 1. The van der Waals surface area contributed by atoms with Gasteiger partial charge in [-0.15, -0.1) is 0 Å². The quantitative estimate of drug-likeness (QED) is 0.180. The number of hydrogen-bond acceptors (Lipinski definition) is 3. The fourth-order valence-electron chi connectivity index (χ4n) is 6.10. The standard InChI is InChI=1S/C34H37ClN4O2/c35-27-12-14-28(15-13-27)41-23-19-33-37-31-9-3-4-10-32(31)39(33)20-5-6-25-17-21-38(22-18-25)34(40)16-11-26-24-36-30-8-2-1-7-29(26)30/h1-4,7-10,12-15,24-25,36H,5-6,11,16-23H2.